The second-order valence-corrected chi connectivity index (χ2v) is 6.22. The maximum absolute atomic E-state index is 10.9. The molecule has 1 aromatic rings. The molecule has 1 saturated heterocycles. The largest absolute Gasteiger partial charge is 0.490 e. The Hall–Kier alpha value is -1.35. The van der Waals surface area contributed by atoms with Crippen molar-refractivity contribution in [3.05, 3.63) is 28.8 Å². The van der Waals surface area contributed by atoms with Gasteiger partial charge in [-0.1, -0.05) is 0 Å². The lowest BCUT2D eigenvalue weighted by Gasteiger charge is -2.47. The maximum Gasteiger partial charge on any atom is 0.150 e. The van der Waals surface area contributed by atoms with Gasteiger partial charge in [0, 0.05) is 18.4 Å². The lowest BCUT2D eigenvalue weighted by Crippen LogP contribution is -2.48. The first-order valence-electron chi connectivity index (χ1n) is 7.49. The third-order valence-electron chi connectivity index (χ3n) is 4.62. The van der Waals surface area contributed by atoms with Crippen LogP contribution < -0.4 is 4.74 Å². The molecule has 3 rings (SSSR count). The summed E-state index contributed by atoms with van der Waals surface area (Å²) in [5.41, 5.74) is 2.91. The van der Waals surface area contributed by atoms with E-state index in [1.165, 1.54) is 19.3 Å². The van der Waals surface area contributed by atoms with Crippen LogP contribution in [0.1, 0.15) is 53.6 Å². The Morgan fingerprint density at radius 3 is 2.55 bits per heavy atom. The van der Waals surface area contributed by atoms with E-state index >= 15 is 0 Å². The zero-order chi connectivity index (χ0) is 14.2. The third-order valence-corrected chi connectivity index (χ3v) is 4.62. The summed E-state index contributed by atoms with van der Waals surface area (Å²) in [6, 6.07) is 3.79. The lowest BCUT2D eigenvalue weighted by atomic mass is 9.74. The molecule has 0 N–H and O–H groups in total. The van der Waals surface area contributed by atoms with E-state index in [1.807, 2.05) is 26.0 Å². The Balaban J connectivity index is 1.75. The average molecular weight is 274 g/mol. The third kappa shape index (κ3) is 2.47. The fourth-order valence-electron chi connectivity index (χ4n) is 3.41. The molecule has 2 fully saturated rings. The molecule has 20 heavy (non-hydrogen) atoms. The number of aryl methyl sites for hydroxylation is 2. The minimum Gasteiger partial charge on any atom is -0.490 e. The van der Waals surface area contributed by atoms with Gasteiger partial charge < -0.3 is 9.47 Å². The van der Waals surface area contributed by atoms with E-state index < -0.39 is 0 Å². The van der Waals surface area contributed by atoms with Gasteiger partial charge >= 0.3 is 0 Å². The van der Waals surface area contributed by atoms with E-state index in [-0.39, 0.29) is 11.7 Å². The number of hydrogen-bond donors (Lipinski definition) is 0. The van der Waals surface area contributed by atoms with Gasteiger partial charge in [0.25, 0.3) is 0 Å². The fourth-order valence-corrected chi connectivity index (χ4v) is 3.41. The van der Waals surface area contributed by atoms with Crippen molar-refractivity contribution in [2.45, 2.75) is 57.7 Å². The second kappa shape index (κ2) is 5.21. The second-order valence-electron chi connectivity index (χ2n) is 6.22. The van der Waals surface area contributed by atoms with Crippen LogP contribution in [-0.2, 0) is 4.74 Å². The first-order valence-corrected chi connectivity index (χ1v) is 7.49. The highest BCUT2D eigenvalue weighted by atomic mass is 16.5. The van der Waals surface area contributed by atoms with Crippen LogP contribution in [0.5, 0.6) is 5.75 Å². The molecule has 108 valence electrons. The first-order chi connectivity index (χ1) is 9.62. The normalized spacial score (nSPS) is 24.2. The summed E-state index contributed by atoms with van der Waals surface area (Å²) in [5.74, 6) is 0.942. The zero-order valence-electron chi connectivity index (χ0n) is 12.3. The summed E-state index contributed by atoms with van der Waals surface area (Å²) in [5, 5.41) is 0. The summed E-state index contributed by atoms with van der Waals surface area (Å²) in [6.45, 7) is 4.82. The number of aldehydes is 1. The van der Waals surface area contributed by atoms with Crippen molar-refractivity contribution < 1.29 is 14.3 Å². The van der Waals surface area contributed by atoms with Gasteiger partial charge in [0.2, 0.25) is 0 Å². The SMILES string of the molecule is Cc1cc(C=O)cc(C)c1OC1CCOC2(CCC2)C1. The van der Waals surface area contributed by atoms with Crippen molar-refractivity contribution in [1.82, 2.24) is 0 Å². The van der Waals surface area contributed by atoms with Gasteiger partial charge in [0.1, 0.15) is 18.1 Å². The Labute approximate surface area is 120 Å². The number of hydrogen-bond acceptors (Lipinski definition) is 3. The molecule has 1 spiro atoms. The number of carbonyl (C=O) groups is 1. The molecule has 3 nitrogen and oxygen atoms in total. The molecule has 1 atom stereocenters. The Kier molecular flexibility index (Phi) is 3.55. The fraction of sp³-hybridized carbons (Fsp3) is 0.588. The monoisotopic (exact) mass is 274 g/mol. The van der Waals surface area contributed by atoms with Crippen LogP contribution in [-0.4, -0.2) is 24.6 Å². The van der Waals surface area contributed by atoms with E-state index in [0.717, 1.165) is 48.2 Å². The number of ether oxygens (including phenoxy) is 2. The summed E-state index contributed by atoms with van der Waals surface area (Å²) >= 11 is 0. The van der Waals surface area contributed by atoms with E-state index in [2.05, 4.69) is 0 Å². The van der Waals surface area contributed by atoms with Gasteiger partial charge in [0.15, 0.2) is 0 Å². The highest BCUT2D eigenvalue weighted by molar-refractivity contribution is 5.76. The van der Waals surface area contributed by atoms with Crippen LogP contribution in [0.25, 0.3) is 0 Å². The maximum atomic E-state index is 10.9. The molecule has 0 bridgehead atoms. The number of rotatable bonds is 3. The van der Waals surface area contributed by atoms with Crippen molar-refractivity contribution >= 4 is 6.29 Å². The van der Waals surface area contributed by atoms with Crippen molar-refractivity contribution in [2.24, 2.45) is 0 Å². The highest BCUT2D eigenvalue weighted by Crippen LogP contribution is 2.43. The average Bonchev–Trinajstić information content (AvgIpc) is 2.41. The lowest BCUT2D eigenvalue weighted by molar-refractivity contribution is -0.153. The van der Waals surface area contributed by atoms with Gasteiger partial charge in [-0.25, -0.2) is 0 Å². The summed E-state index contributed by atoms with van der Waals surface area (Å²) < 4.78 is 12.2. The van der Waals surface area contributed by atoms with Crippen LogP contribution in [0.3, 0.4) is 0 Å². The van der Waals surface area contributed by atoms with Crippen molar-refractivity contribution in [3.8, 4) is 5.75 Å². The molecule has 1 heterocycles. The standard InChI is InChI=1S/C17H22O3/c1-12-8-14(11-18)9-13(2)16(12)20-15-4-7-19-17(10-15)5-3-6-17/h8-9,11,15H,3-7,10H2,1-2H3. The molecular weight excluding hydrogens is 252 g/mol. The Morgan fingerprint density at radius 1 is 1.30 bits per heavy atom. The molecule has 0 aromatic heterocycles. The zero-order valence-corrected chi connectivity index (χ0v) is 12.3. The van der Waals surface area contributed by atoms with Crippen molar-refractivity contribution in [3.63, 3.8) is 0 Å². The van der Waals surface area contributed by atoms with Crippen molar-refractivity contribution in [2.75, 3.05) is 6.61 Å². The predicted molar refractivity (Wildman–Crippen MR) is 77.5 cm³/mol. The molecule has 1 aromatic carbocycles. The van der Waals surface area contributed by atoms with Crippen LogP contribution >= 0.6 is 0 Å². The minimum atomic E-state index is 0.105. The summed E-state index contributed by atoms with van der Waals surface area (Å²) in [7, 11) is 0. The molecule has 1 unspecified atom stereocenters. The predicted octanol–water partition coefficient (Wildman–Crippen LogP) is 3.60. The molecule has 3 heteroatoms. The van der Waals surface area contributed by atoms with E-state index in [4.69, 9.17) is 9.47 Å². The Bertz CT molecular complexity index is 494. The van der Waals surface area contributed by atoms with E-state index in [1.54, 1.807) is 0 Å². The molecular formula is C17H22O3. The topological polar surface area (TPSA) is 35.5 Å². The smallest absolute Gasteiger partial charge is 0.150 e. The van der Waals surface area contributed by atoms with Gasteiger partial charge in [-0.3, -0.25) is 4.79 Å². The molecule has 2 aliphatic rings. The summed E-state index contributed by atoms with van der Waals surface area (Å²) in [6.07, 6.45) is 6.71. The van der Waals surface area contributed by atoms with Crippen LogP contribution in [0.15, 0.2) is 12.1 Å². The van der Waals surface area contributed by atoms with E-state index in [9.17, 15) is 4.79 Å². The van der Waals surface area contributed by atoms with Gasteiger partial charge in [-0.2, -0.15) is 0 Å². The number of carbonyl (C=O) groups excluding carboxylic acids is 1. The number of benzene rings is 1. The van der Waals surface area contributed by atoms with E-state index in [0.29, 0.717) is 0 Å². The molecule has 1 aliphatic heterocycles. The molecule has 1 saturated carbocycles. The van der Waals surface area contributed by atoms with Crippen LogP contribution in [0.2, 0.25) is 0 Å². The van der Waals surface area contributed by atoms with Gasteiger partial charge in [-0.15, -0.1) is 0 Å². The quantitative estimate of drug-likeness (QED) is 0.790. The minimum absolute atomic E-state index is 0.105. The van der Waals surface area contributed by atoms with Crippen molar-refractivity contribution in [1.29, 1.82) is 0 Å². The summed E-state index contributed by atoms with van der Waals surface area (Å²) in [4.78, 5) is 10.9. The van der Waals surface area contributed by atoms with Gasteiger partial charge in [0.05, 0.1) is 12.2 Å². The molecule has 0 radical (unpaired) electrons. The highest BCUT2D eigenvalue weighted by Gasteiger charge is 2.43. The van der Waals surface area contributed by atoms with Crippen LogP contribution in [0, 0.1) is 13.8 Å². The Morgan fingerprint density at radius 2 is 2.00 bits per heavy atom. The van der Waals surface area contributed by atoms with Crippen LogP contribution in [0.4, 0.5) is 0 Å². The molecule has 1 aliphatic carbocycles. The molecule has 0 amide bonds. The first kappa shape index (κ1) is 13.6. The van der Waals surface area contributed by atoms with Gasteiger partial charge in [-0.05, 0) is 56.4 Å².